The minimum atomic E-state index is -3.90. The molecular formula is C33H47N9O8S. The number of rotatable bonds is 12. The van der Waals surface area contributed by atoms with E-state index in [1.54, 1.807) is 72.9 Å². The van der Waals surface area contributed by atoms with Crippen LogP contribution >= 0.6 is 0 Å². The zero-order valence-corrected chi connectivity index (χ0v) is 30.7. The Kier molecular flexibility index (Phi) is 10.2. The molecule has 51 heavy (non-hydrogen) atoms. The van der Waals surface area contributed by atoms with Crippen molar-refractivity contribution in [2.45, 2.75) is 102 Å². The maximum absolute atomic E-state index is 14.4. The molecule has 18 heteroatoms. The van der Waals surface area contributed by atoms with E-state index in [0.29, 0.717) is 24.3 Å². The van der Waals surface area contributed by atoms with Crippen LogP contribution in [0, 0.1) is 11.3 Å². The van der Waals surface area contributed by atoms with E-state index in [1.165, 1.54) is 15.8 Å². The summed E-state index contributed by atoms with van der Waals surface area (Å²) >= 11 is 0. The van der Waals surface area contributed by atoms with Crippen molar-refractivity contribution in [3.05, 3.63) is 42.7 Å². The molecule has 2 aromatic rings. The van der Waals surface area contributed by atoms with Crippen LogP contribution in [0.15, 0.2) is 36.9 Å². The third-order valence-electron chi connectivity index (χ3n) is 9.06. The Bertz CT molecular complexity index is 1780. The van der Waals surface area contributed by atoms with Crippen molar-refractivity contribution in [2.75, 3.05) is 13.7 Å². The predicted molar refractivity (Wildman–Crippen MR) is 184 cm³/mol. The first kappa shape index (κ1) is 37.7. The van der Waals surface area contributed by atoms with Crippen LogP contribution < -0.4 is 25.6 Å². The number of amides is 4. The fraction of sp³-hybridized carbons (Fsp3) is 0.606. The molecule has 4 N–H and O–H groups in total. The summed E-state index contributed by atoms with van der Waals surface area (Å²) in [6.45, 7) is 14.3. The summed E-state index contributed by atoms with van der Waals surface area (Å²) in [5, 5.41) is 15.1. The number of sulfonamides is 1. The highest BCUT2D eigenvalue weighted by Gasteiger charge is 2.62. The Morgan fingerprint density at radius 3 is 2.29 bits per heavy atom. The first-order valence-corrected chi connectivity index (χ1v) is 18.3. The van der Waals surface area contributed by atoms with E-state index in [4.69, 9.17) is 9.47 Å². The van der Waals surface area contributed by atoms with Gasteiger partial charge in [-0.25, -0.2) is 18.6 Å². The minimum absolute atomic E-state index is 0.00602. The second-order valence-electron chi connectivity index (χ2n) is 15.3. The quantitative estimate of drug-likeness (QED) is 0.181. The fourth-order valence-corrected chi connectivity index (χ4v) is 7.36. The second-order valence-corrected chi connectivity index (χ2v) is 17.3. The number of hydrogen-bond acceptors (Lipinski definition) is 12. The van der Waals surface area contributed by atoms with Gasteiger partial charge in [-0.05, 0) is 81.3 Å². The molecule has 3 aliphatic rings. The molecule has 1 aromatic heterocycles. The van der Waals surface area contributed by atoms with Gasteiger partial charge in [0.05, 0.1) is 18.0 Å². The van der Waals surface area contributed by atoms with Crippen LogP contribution in [0.2, 0.25) is 0 Å². The van der Waals surface area contributed by atoms with Crippen molar-refractivity contribution < 1.29 is 37.1 Å². The van der Waals surface area contributed by atoms with Gasteiger partial charge < -0.3 is 19.7 Å². The van der Waals surface area contributed by atoms with E-state index in [9.17, 15) is 27.6 Å². The number of nitrogens with zero attached hydrogens (tertiary/aromatic N) is 5. The Morgan fingerprint density at radius 1 is 1.08 bits per heavy atom. The van der Waals surface area contributed by atoms with Crippen molar-refractivity contribution >= 4 is 33.8 Å². The lowest BCUT2D eigenvalue weighted by Gasteiger charge is -2.36. The average Bonchev–Trinajstić information content (AvgIpc) is 3.92. The molecule has 4 amide bonds. The molecule has 5 atom stereocenters. The largest absolute Gasteiger partial charge is 0.497 e. The summed E-state index contributed by atoms with van der Waals surface area (Å²) in [4.78, 5) is 57.3. The normalized spacial score (nSPS) is 23.9. The van der Waals surface area contributed by atoms with E-state index in [0.717, 1.165) is 0 Å². The smallest absolute Gasteiger partial charge is 0.422 e. The molecule has 0 bridgehead atoms. The number of carbonyl (C=O) groups is 4. The van der Waals surface area contributed by atoms with Crippen molar-refractivity contribution in [2.24, 2.45) is 11.3 Å². The van der Waals surface area contributed by atoms with Crippen molar-refractivity contribution in [1.29, 1.82) is 0 Å². The average molecular weight is 730 g/mol. The minimum Gasteiger partial charge on any atom is -0.497 e. The number of likely N-dealkylation sites (tertiary alicyclic amines) is 1. The maximum atomic E-state index is 14.4. The molecule has 2 aliphatic carbocycles. The lowest BCUT2D eigenvalue weighted by molar-refractivity contribution is -0.143. The highest BCUT2D eigenvalue weighted by molar-refractivity contribution is 7.91. The van der Waals surface area contributed by atoms with Gasteiger partial charge in [0.2, 0.25) is 21.8 Å². The molecule has 1 aliphatic heterocycles. The highest BCUT2D eigenvalue weighted by Crippen LogP contribution is 2.46. The molecule has 1 unspecified atom stereocenters. The summed E-state index contributed by atoms with van der Waals surface area (Å²) in [5.74, 6) is -2.17. The standard InChI is InChI=1S/C33H47N9O8S/c1-9-20-17-33(20,29(45)39-51(47,48)23-14-15-23)34-27(43)24-16-19(26-36-40-42(38-26)21-10-12-22(49-8)13-11-21)18-41(24)28(44)25(31(2,3)4)35-37-30(46)50-32(5,6)7/h9-13,19-20,23-25,35H,1,14-18H2,2-8H3,(H,34,43)(H,37,46)(H,39,45)/t19-,20?,24+,25-,33-/m1/s1. The summed E-state index contributed by atoms with van der Waals surface area (Å²) in [7, 11) is -2.34. The van der Waals surface area contributed by atoms with Gasteiger partial charge in [0.1, 0.15) is 29.0 Å². The van der Waals surface area contributed by atoms with Crippen LogP contribution in [0.3, 0.4) is 0 Å². The monoisotopic (exact) mass is 729 g/mol. The number of nitrogens with one attached hydrogen (secondary N) is 4. The van der Waals surface area contributed by atoms with E-state index in [1.807, 2.05) is 0 Å². The summed E-state index contributed by atoms with van der Waals surface area (Å²) in [6, 6.07) is 4.83. The topological polar surface area (TPSA) is 216 Å². The number of ether oxygens (including phenoxy) is 2. The van der Waals surface area contributed by atoms with Crippen LogP contribution in [-0.4, -0.2) is 99.5 Å². The molecule has 2 heterocycles. The van der Waals surface area contributed by atoms with E-state index >= 15 is 0 Å². The number of tetrazole rings is 1. The number of aromatic nitrogens is 4. The number of carbonyl (C=O) groups excluding carboxylic acids is 4. The first-order valence-electron chi connectivity index (χ1n) is 16.8. The molecule has 5 rings (SSSR count). The van der Waals surface area contributed by atoms with Crippen LogP contribution in [0.25, 0.3) is 5.69 Å². The van der Waals surface area contributed by atoms with E-state index in [-0.39, 0.29) is 25.2 Å². The number of benzene rings is 1. The third-order valence-corrected chi connectivity index (χ3v) is 10.9. The predicted octanol–water partition coefficient (Wildman–Crippen LogP) is 1.47. The summed E-state index contributed by atoms with van der Waals surface area (Å²) < 4.78 is 38.0. The highest BCUT2D eigenvalue weighted by atomic mass is 32.2. The van der Waals surface area contributed by atoms with Crippen LogP contribution in [0.5, 0.6) is 5.75 Å². The summed E-state index contributed by atoms with van der Waals surface area (Å²) in [5.41, 5.74) is 2.74. The second kappa shape index (κ2) is 13.9. The van der Waals surface area contributed by atoms with Crippen molar-refractivity contribution in [3.8, 4) is 11.4 Å². The molecule has 1 saturated heterocycles. The Balaban J connectivity index is 1.42. The van der Waals surface area contributed by atoms with Crippen LogP contribution in [0.4, 0.5) is 4.79 Å². The van der Waals surface area contributed by atoms with Gasteiger partial charge in [-0.1, -0.05) is 26.8 Å². The molecular weight excluding hydrogens is 682 g/mol. The van der Waals surface area contributed by atoms with E-state index in [2.05, 4.69) is 42.9 Å². The van der Waals surface area contributed by atoms with E-state index < -0.39 is 79.6 Å². The van der Waals surface area contributed by atoms with Gasteiger partial charge in [0.15, 0.2) is 5.82 Å². The Labute approximate surface area is 297 Å². The van der Waals surface area contributed by atoms with Gasteiger partial charge in [-0.3, -0.25) is 24.5 Å². The zero-order valence-electron chi connectivity index (χ0n) is 29.9. The van der Waals surface area contributed by atoms with Gasteiger partial charge in [0.25, 0.3) is 5.91 Å². The van der Waals surface area contributed by atoms with Crippen LogP contribution in [0.1, 0.15) is 79.0 Å². The van der Waals surface area contributed by atoms with Gasteiger partial charge in [-0.15, -0.1) is 21.6 Å². The molecule has 0 radical (unpaired) electrons. The fourth-order valence-electron chi connectivity index (χ4n) is 6.00. The first-order chi connectivity index (χ1) is 23.8. The molecule has 1 aromatic carbocycles. The Hall–Kier alpha value is -4.58. The third kappa shape index (κ3) is 8.49. The molecule has 17 nitrogen and oxygen atoms in total. The lowest BCUT2D eigenvalue weighted by Crippen LogP contribution is -2.61. The van der Waals surface area contributed by atoms with Gasteiger partial charge in [-0.2, -0.15) is 0 Å². The van der Waals surface area contributed by atoms with Crippen molar-refractivity contribution in [1.82, 2.24) is 46.0 Å². The number of hydrogen-bond donors (Lipinski definition) is 4. The molecule has 2 saturated carbocycles. The SMILES string of the molecule is C=CC1C[C@]1(NC(=O)[C@@H]1C[C@@H](c2nnn(-c3ccc(OC)cc3)n2)CN1C(=O)[C@@H](NNC(=O)OC(C)(C)C)C(C)(C)C)C(=O)NS(=O)(=O)C1CC1. The summed E-state index contributed by atoms with van der Waals surface area (Å²) in [6.07, 6.45) is 1.82. The van der Waals surface area contributed by atoms with Gasteiger partial charge in [0, 0.05) is 18.4 Å². The number of hydrazine groups is 1. The maximum Gasteiger partial charge on any atom is 0.422 e. The number of methoxy groups -OCH3 is 1. The van der Waals surface area contributed by atoms with Gasteiger partial charge >= 0.3 is 6.09 Å². The molecule has 3 fully saturated rings. The van der Waals surface area contributed by atoms with Crippen molar-refractivity contribution in [3.63, 3.8) is 0 Å². The lowest BCUT2D eigenvalue weighted by atomic mass is 9.86. The van der Waals surface area contributed by atoms with Crippen LogP contribution in [-0.2, 0) is 29.1 Å². The molecule has 278 valence electrons. The zero-order chi connectivity index (χ0) is 37.5. The molecule has 0 spiro atoms. The Morgan fingerprint density at radius 2 is 1.75 bits per heavy atom.